The molecule has 0 amide bonds. The lowest BCUT2D eigenvalue weighted by molar-refractivity contribution is 0.182. The van der Waals surface area contributed by atoms with Crippen LogP contribution in [0.2, 0.25) is 5.02 Å². The van der Waals surface area contributed by atoms with Gasteiger partial charge in [0.2, 0.25) is 0 Å². The SMILES string of the molecule is CCCNCc1ccc(N(CC)C(C)COC)c(Cl)c1. The summed E-state index contributed by atoms with van der Waals surface area (Å²) in [7, 11) is 1.73. The van der Waals surface area contributed by atoms with Crippen molar-refractivity contribution in [1.82, 2.24) is 5.32 Å². The van der Waals surface area contributed by atoms with Crippen LogP contribution in [0.25, 0.3) is 0 Å². The number of likely N-dealkylation sites (N-methyl/N-ethyl adjacent to an activating group) is 1. The van der Waals surface area contributed by atoms with Crippen molar-refractivity contribution in [3.8, 4) is 0 Å². The normalized spacial score (nSPS) is 12.4. The third-order valence-corrected chi connectivity index (χ3v) is 3.66. The van der Waals surface area contributed by atoms with Crippen LogP contribution in [0.5, 0.6) is 0 Å². The quantitative estimate of drug-likeness (QED) is 0.704. The Morgan fingerprint density at radius 1 is 1.35 bits per heavy atom. The Kier molecular flexibility index (Phi) is 7.97. The van der Waals surface area contributed by atoms with Crippen molar-refractivity contribution >= 4 is 17.3 Å². The fourth-order valence-electron chi connectivity index (χ4n) is 2.35. The van der Waals surface area contributed by atoms with E-state index < -0.39 is 0 Å². The van der Waals surface area contributed by atoms with Gasteiger partial charge in [-0.1, -0.05) is 24.6 Å². The zero-order valence-corrected chi connectivity index (χ0v) is 13.8. The highest BCUT2D eigenvalue weighted by Gasteiger charge is 2.15. The van der Waals surface area contributed by atoms with Crippen molar-refractivity contribution in [3.63, 3.8) is 0 Å². The molecule has 0 aliphatic rings. The average molecular weight is 299 g/mol. The second kappa shape index (κ2) is 9.22. The maximum absolute atomic E-state index is 6.45. The zero-order chi connectivity index (χ0) is 15.0. The number of hydrogen-bond donors (Lipinski definition) is 1. The van der Waals surface area contributed by atoms with Crippen LogP contribution in [-0.4, -0.2) is 32.8 Å². The van der Waals surface area contributed by atoms with E-state index in [1.165, 1.54) is 5.56 Å². The summed E-state index contributed by atoms with van der Waals surface area (Å²) in [5, 5.41) is 4.20. The highest BCUT2D eigenvalue weighted by Crippen LogP contribution is 2.28. The first-order chi connectivity index (χ1) is 9.63. The lowest BCUT2D eigenvalue weighted by Gasteiger charge is -2.30. The van der Waals surface area contributed by atoms with Crippen molar-refractivity contribution < 1.29 is 4.74 Å². The fraction of sp³-hybridized carbons (Fsp3) is 0.625. The van der Waals surface area contributed by atoms with Crippen LogP contribution in [0.3, 0.4) is 0 Å². The first-order valence-corrected chi connectivity index (χ1v) is 7.76. The second-order valence-electron chi connectivity index (χ2n) is 5.05. The largest absolute Gasteiger partial charge is 0.383 e. The van der Waals surface area contributed by atoms with Gasteiger partial charge in [0.05, 0.1) is 17.3 Å². The van der Waals surface area contributed by atoms with Crippen LogP contribution in [0.15, 0.2) is 18.2 Å². The number of halogens is 1. The molecule has 0 saturated carbocycles. The topological polar surface area (TPSA) is 24.5 Å². The van der Waals surface area contributed by atoms with Gasteiger partial charge < -0.3 is 15.0 Å². The monoisotopic (exact) mass is 298 g/mol. The maximum Gasteiger partial charge on any atom is 0.0663 e. The van der Waals surface area contributed by atoms with E-state index in [2.05, 4.69) is 49.2 Å². The van der Waals surface area contributed by atoms with E-state index in [1.54, 1.807) is 7.11 Å². The summed E-state index contributed by atoms with van der Waals surface area (Å²) < 4.78 is 5.24. The van der Waals surface area contributed by atoms with Gasteiger partial charge >= 0.3 is 0 Å². The summed E-state index contributed by atoms with van der Waals surface area (Å²) in [6.45, 7) is 9.97. The van der Waals surface area contributed by atoms with Gasteiger partial charge in [-0.15, -0.1) is 0 Å². The zero-order valence-electron chi connectivity index (χ0n) is 13.1. The predicted octanol–water partition coefficient (Wildman–Crippen LogP) is 3.70. The minimum absolute atomic E-state index is 0.312. The Bertz CT molecular complexity index is 398. The number of hydrogen-bond acceptors (Lipinski definition) is 3. The van der Waals surface area contributed by atoms with Gasteiger partial charge in [-0.3, -0.25) is 0 Å². The number of rotatable bonds is 9. The van der Waals surface area contributed by atoms with E-state index in [1.807, 2.05) is 0 Å². The molecule has 1 atom stereocenters. The van der Waals surface area contributed by atoms with Crippen LogP contribution < -0.4 is 10.2 Å². The Balaban J connectivity index is 2.79. The second-order valence-corrected chi connectivity index (χ2v) is 5.46. The molecule has 0 heterocycles. The predicted molar refractivity (Wildman–Crippen MR) is 87.8 cm³/mol. The van der Waals surface area contributed by atoms with Crippen molar-refractivity contribution in [1.29, 1.82) is 0 Å². The Morgan fingerprint density at radius 2 is 2.10 bits per heavy atom. The molecule has 0 spiro atoms. The number of anilines is 1. The highest BCUT2D eigenvalue weighted by atomic mass is 35.5. The molecule has 0 fully saturated rings. The standard InChI is InChI=1S/C16H27ClN2O/c1-5-9-18-11-14-7-8-16(15(17)10-14)19(6-2)13(3)12-20-4/h7-8,10,13,18H,5-6,9,11-12H2,1-4H3. The molecule has 3 nitrogen and oxygen atoms in total. The average Bonchev–Trinajstić information content (AvgIpc) is 2.42. The van der Waals surface area contributed by atoms with Gasteiger partial charge in [-0.25, -0.2) is 0 Å². The summed E-state index contributed by atoms with van der Waals surface area (Å²) in [5.74, 6) is 0. The molecule has 0 radical (unpaired) electrons. The van der Waals surface area contributed by atoms with Crippen LogP contribution in [-0.2, 0) is 11.3 Å². The number of ether oxygens (including phenoxy) is 1. The molecule has 1 N–H and O–H groups in total. The van der Waals surface area contributed by atoms with Gasteiger partial charge in [0.1, 0.15) is 0 Å². The molecule has 0 saturated heterocycles. The van der Waals surface area contributed by atoms with Gasteiger partial charge in [0.25, 0.3) is 0 Å². The van der Waals surface area contributed by atoms with E-state index in [0.717, 1.165) is 36.8 Å². The lowest BCUT2D eigenvalue weighted by atomic mass is 10.1. The Labute approximate surface area is 128 Å². The molecule has 1 unspecified atom stereocenters. The number of benzene rings is 1. The van der Waals surface area contributed by atoms with Crippen molar-refractivity contribution in [3.05, 3.63) is 28.8 Å². The lowest BCUT2D eigenvalue weighted by Crippen LogP contribution is -2.36. The van der Waals surface area contributed by atoms with Gasteiger partial charge in [0.15, 0.2) is 0 Å². The molecular weight excluding hydrogens is 272 g/mol. The van der Waals surface area contributed by atoms with Gasteiger partial charge in [-0.2, -0.15) is 0 Å². The number of nitrogens with one attached hydrogen (secondary N) is 1. The number of nitrogens with zero attached hydrogens (tertiary/aromatic N) is 1. The van der Waals surface area contributed by atoms with E-state index in [9.17, 15) is 0 Å². The highest BCUT2D eigenvalue weighted by molar-refractivity contribution is 6.33. The molecule has 114 valence electrons. The van der Waals surface area contributed by atoms with E-state index >= 15 is 0 Å². The Morgan fingerprint density at radius 3 is 2.65 bits per heavy atom. The van der Waals surface area contributed by atoms with Crippen molar-refractivity contribution in [2.24, 2.45) is 0 Å². The fourth-order valence-corrected chi connectivity index (χ4v) is 2.67. The molecule has 20 heavy (non-hydrogen) atoms. The van der Waals surface area contributed by atoms with Crippen LogP contribution in [0, 0.1) is 0 Å². The molecule has 0 aromatic heterocycles. The summed E-state index contributed by atoms with van der Waals surface area (Å²) in [6.07, 6.45) is 1.14. The van der Waals surface area contributed by atoms with Crippen LogP contribution in [0.4, 0.5) is 5.69 Å². The summed E-state index contributed by atoms with van der Waals surface area (Å²) in [4.78, 5) is 2.27. The first kappa shape index (κ1) is 17.3. The van der Waals surface area contributed by atoms with Gasteiger partial charge in [0, 0.05) is 26.2 Å². The first-order valence-electron chi connectivity index (χ1n) is 7.38. The summed E-state index contributed by atoms with van der Waals surface area (Å²) >= 11 is 6.45. The Hall–Kier alpha value is -0.770. The maximum atomic E-state index is 6.45. The van der Waals surface area contributed by atoms with E-state index in [4.69, 9.17) is 16.3 Å². The smallest absolute Gasteiger partial charge is 0.0663 e. The summed E-state index contributed by atoms with van der Waals surface area (Å²) in [5.41, 5.74) is 2.31. The number of methoxy groups -OCH3 is 1. The molecule has 1 rings (SSSR count). The van der Waals surface area contributed by atoms with E-state index in [0.29, 0.717) is 12.6 Å². The molecule has 0 aliphatic carbocycles. The van der Waals surface area contributed by atoms with Crippen LogP contribution >= 0.6 is 11.6 Å². The van der Waals surface area contributed by atoms with Gasteiger partial charge in [-0.05, 0) is 44.5 Å². The molecule has 4 heteroatoms. The van der Waals surface area contributed by atoms with Crippen molar-refractivity contribution in [2.45, 2.75) is 39.8 Å². The minimum Gasteiger partial charge on any atom is -0.383 e. The third kappa shape index (κ3) is 4.97. The molecule has 0 aliphatic heterocycles. The molecular formula is C16H27ClN2O. The molecule has 1 aromatic rings. The van der Waals surface area contributed by atoms with Crippen LogP contribution in [0.1, 0.15) is 32.8 Å². The molecule has 0 bridgehead atoms. The van der Waals surface area contributed by atoms with E-state index in [-0.39, 0.29) is 0 Å². The molecule has 1 aromatic carbocycles. The third-order valence-electron chi connectivity index (χ3n) is 3.36. The van der Waals surface area contributed by atoms with Crippen molar-refractivity contribution in [2.75, 3.05) is 31.7 Å². The summed E-state index contributed by atoms with van der Waals surface area (Å²) in [6, 6.07) is 6.63. The minimum atomic E-state index is 0.312.